The minimum Gasteiger partial charge on any atom is -0.490 e. The second-order valence-corrected chi connectivity index (χ2v) is 7.66. The number of amides is 3. The molecule has 1 aliphatic heterocycles. The monoisotopic (exact) mass is 446 g/mol. The number of rotatable bonds is 8. The Bertz CT molecular complexity index is 1070. The van der Waals surface area contributed by atoms with Crippen LogP contribution in [-0.4, -0.2) is 41.5 Å². The first-order valence-electron chi connectivity index (χ1n) is 9.95. The highest BCUT2D eigenvalue weighted by Gasteiger charge is 2.43. The van der Waals surface area contributed by atoms with Gasteiger partial charge in [0, 0.05) is 5.56 Å². The number of imide groups is 1. The lowest BCUT2D eigenvalue weighted by molar-refractivity contribution is -0.130. The number of carbonyl (C=O) groups is 3. The molecule has 1 unspecified atom stereocenters. The Hall–Kier alpha value is -3.53. The first-order valence-corrected chi connectivity index (χ1v) is 9.95. The number of nitrogens with zero attached hydrogens (tertiary/aromatic N) is 1. The minimum absolute atomic E-state index is 0.0755. The quantitative estimate of drug-likeness (QED) is 0.367. The Morgan fingerprint density at radius 2 is 1.81 bits per heavy atom. The van der Waals surface area contributed by atoms with Crippen LogP contribution in [0.3, 0.4) is 0 Å². The van der Waals surface area contributed by atoms with Crippen LogP contribution in [-0.2, 0) is 4.79 Å². The van der Waals surface area contributed by atoms with E-state index in [1.165, 1.54) is 17.6 Å². The summed E-state index contributed by atoms with van der Waals surface area (Å²) in [6.45, 7) is 0.144. The molecule has 0 saturated heterocycles. The lowest BCUT2D eigenvalue weighted by Crippen LogP contribution is -2.37. The SMILES string of the molecule is COc1c(F)cc(C(CC(=O)NO)N2C(=O)c3ccccc3C2=O)c(F)c1OCC1CC1. The maximum atomic E-state index is 15.6. The van der Waals surface area contributed by atoms with E-state index in [1.807, 2.05) is 0 Å². The first-order chi connectivity index (χ1) is 15.4. The molecule has 1 aliphatic carbocycles. The Labute approximate surface area is 181 Å². The summed E-state index contributed by atoms with van der Waals surface area (Å²) in [5, 5.41) is 8.99. The maximum Gasteiger partial charge on any atom is 0.262 e. The molecule has 3 amide bonds. The standard InChI is InChI=1S/C22H20F2N2O6/c1-31-19-15(23)8-14(18(24)20(19)32-10-11-6-7-11)16(9-17(27)25-30)26-21(28)12-4-2-3-5-13(12)22(26)29/h2-5,8,11,16,30H,6-7,9-10H2,1H3,(H,25,27). The molecular weight excluding hydrogens is 426 g/mol. The van der Waals surface area contributed by atoms with Crippen molar-refractivity contribution in [3.8, 4) is 11.5 Å². The summed E-state index contributed by atoms with van der Waals surface area (Å²) in [5.41, 5.74) is 1.10. The predicted octanol–water partition coefficient (Wildman–Crippen LogP) is 3.00. The number of carbonyl (C=O) groups excluding carboxylic acids is 3. The number of benzene rings is 2. The molecular formula is C22H20F2N2O6. The van der Waals surface area contributed by atoms with Crippen LogP contribution in [0.1, 0.15) is 51.6 Å². The van der Waals surface area contributed by atoms with E-state index >= 15 is 4.39 Å². The zero-order chi connectivity index (χ0) is 23.0. The third-order valence-corrected chi connectivity index (χ3v) is 5.52. The molecule has 8 nitrogen and oxygen atoms in total. The van der Waals surface area contributed by atoms with Crippen molar-refractivity contribution >= 4 is 17.7 Å². The molecule has 0 bridgehead atoms. The number of fused-ring (bicyclic) bond motifs is 1. The lowest BCUT2D eigenvalue weighted by Gasteiger charge is -2.27. The minimum atomic E-state index is -1.54. The highest BCUT2D eigenvalue weighted by Crippen LogP contribution is 2.42. The molecule has 0 aromatic heterocycles. The molecule has 1 heterocycles. The zero-order valence-corrected chi connectivity index (χ0v) is 17.1. The van der Waals surface area contributed by atoms with Gasteiger partial charge in [0.15, 0.2) is 17.4 Å². The number of halogens is 2. The maximum absolute atomic E-state index is 15.6. The van der Waals surface area contributed by atoms with Gasteiger partial charge in [-0.3, -0.25) is 24.5 Å². The van der Waals surface area contributed by atoms with Crippen LogP contribution in [0.4, 0.5) is 8.78 Å². The van der Waals surface area contributed by atoms with Gasteiger partial charge in [-0.1, -0.05) is 12.1 Å². The normalized spacial score (nSPS) is 16.1. The Balaban J connectivity index is 1.81. The zero-order valence-electron chi connectivity index (χ0n) is 17.1. The van der Waals surface area contributed by atoms with E-state index in [2.05, 4.69) is 0 Å². The molecule has 4 rings (SSSR count). The van der Waals surface area contributed by atoms with E-state index in [4.69, 9.17) is 14.7 Å². The van der Waals surface area contributed by atoms with Gasteiger partial charge in [0.2, 0.25) is 11.7 Å². The number of hydrogen-bond acceptors (Lipinski definition) is 6. The topological polar surface area (TPSA) is 105 Å². The summed E-state index contributed by atoms with van der Waals surface area (Å²) in [4.78, 5) is 38.6. The number of hydroxylamine groups is 1. The molecule has 0 radical (unpaired) electrons. The van der Waals surface area contributed by atoms with Crippen molar-refractivity contribution in [1.82, 2.24) is 10.4 Å². The van der Waals surface area contributed by atoms with Crippen LogP contribution < -0.4 is 15.0 Å². The van der Waals surface area contributed by atoms with Gasteiger partial charge in [-0.2, -0.15) is 0 Å². The largest absolute Gasteiger partial charge is 0.490 e. The van der Waals surface area contributed by atoms with E-state index in [9.17, 15) is 18.8 Å². The molecule has 1 fully saturated rings. The van der Waals surface area contributed by atoms with Crippen molar-refractivity contribution in [1.29, 1.82) is 0 Å². The molecule has 1 atom stereocenters. The summed E-state index contributed by atoms with van der Waals surface area (Å²) in [6.07, 6.45) is 1.10. The fraction of sp³-hybridized carbons (Fsp3) is 0.318. The Kier molecular flexibility index (Phi) is 5.79. The molecule has 1 saturated carbocycles. The molecule has 168 valence electrons. The van der Waals surface area contributed by atoms with Crippen LogP contribution >= 0.6 is 0 Å². The summed E-state index contributed by atoms with van der Waals surface area (Å²) < 4.78 is 40.9. The Morgan fingerprint density at radius 1 is 1.19 bits per heavy atom. The van der Waals surface area contributed by atoms with Crippen molar-refractivity contribution in [2.75, 3.05) is 13.7 Å². The number of methoxy groups -OCH3 is 1. The molecule has 2 aromatic rings. The second-order valence-electron chi connectivity index (χ2n) is 7.66. The highest BCUT2D eigenvalue weighted by molar-refractivity contribution is 6.21. The number of ether oxygens (including phenoxy) is 2. The number of nitrogens with one attached hydrogen (secondary N) is 1. The van der Waals surface area contributed by atoms with Crippen LogP contribution in [0.5, 0.6) is 11.5 Å². The third-order valence-electron chi connectivity index (χ3n) is 5.52. The average molecular weight is 446 g/mol. The molecule has 2 aliphatic rings. The second kappa shape index (κ2) is 8.54. The molecule has 2 aromatic carbocycles. The van der Waals surface area contributed by atoms with Crippen molar-refractivity contribution < 1.29 is 37.8 Å². The fourth-order valence-electron chi connectivity index (χ4n) is 3.70. The summed E-state index contributed by atoms with van der Waals surface area (Å²) in [5.74, 6) is -5.31. The average Bonchev–Trinajstić information content (AvgIpc) is 3.59. The van der Waals surface area contributed by atoms with Gasteiger partial charge in [-0.25, -0.2) is 14.3 Å². The summed E-state index contributed by atoms with van der Waals surface area (Å²) in [6, 6.07) is 5.18. The van der Waals surface area contributed by atoms with Crippen molar-refractivity contribution in [3.63, 3.8) is 0 Å². The van der Waals surface area contributed by atoms with Crippen molar-refractivity contribution in [3.05, 3.63) is 58.7 Å². The van der Waals surface area contributed by atoms with Gasteiger partial charge in [-0.05, 0) is 37.0 Å². The van der Waals surface area contributed by atoms with Crippen LogP contribution in [0, 0.1) is 17.6 Å². The van der Waals surface area contributed by atoms with Crippen molar-refractivity contribution in [2.24, 2.45) is 5.92 Å². The van der Waals surface area contributed by atoms with Gasteiger partial charge in [0.25, 0.3) is 11.8 Å². The summed E-state index contributed by atoms with van der Waals surface area (Å²) in [7, 11) is 1.16. The number of hydrogen-bond donors (Lipinski definition) is 2. The molecule has 10 heteroatoms. The van der Waals surface area contributed by atoms with Gasteiger partial charge in [-0.15, -0.1) is 0 Å². The van der Waals surface area contributed by atoms with E-state index in [0.29, 0.717) is 4.90 Å². The fourth-order valence-corrected chi connectivity index (χ4v) is 3.70. The van der Waals surface area contributed by atoms with E-state index in [0.717, 1.165) is 26.0 Å². The van der Waals surface area contributed by atoms with E-state index < -0.39 is 58.9 Å². The smallest absolute Gasteiger partial charge is 0.262 e. The van der Waals surface area contributed by atoms with Gasteiger partial charge >= 0.3 is 0 Å². The first kappa shape index (κ1) is 21.7. The van der Waals surface area contributed by atoms with E-state index in [-0.39, 0.29) is 23.7 Å². The predicted molar refractivity (Wildman–Crippen MR) is 105 cm³/mol. The van der Waals surface area contributed by atoms with Gasteiger partial charge in [0.1, 0.15) is 0 Å². The molecule has 0 spiro atoms. The molecule has 2 N–H and O–H groups in total. The van der Waals surface area contributed by atoms with Crippen LogP contribution in [0.25, 0.3) is 0 Å². The third kappa shape index (κ3) is 3.77. The van der Waals surface area contributed by atoms with Gasteiger partial charge < -0.3 is 9.47 Å². The van der Waals surface area contributed by atoms with Crippen LogP contribution in [0.15, 0.2) is 30.3 Å². The Morgan fingerprint density at radius 3 is 2.34 bits per heavy atom. The van der Waals surface area contributed by atoms with E-state index in [1.54, 1.807) is 12.1 Å². The van der Waals surface area contributed by atoms with Crippen LogP contribution in [0.2, 0.25) is 0 Å². The molecule has 32 heavy (non-hydrogen) atoms. The highest BCUT2D eigenvalue weighted by atomic mass is 19.1. The van der Waals surface area contributed by atoms with Crippen molar-refractivity contribution in [2.45, 2.75) is 25.3 Å². The lowest BCUT2D eigenvalue weighted by atomic mass is 9.99. The summed E-state index contributed by atoms with van der Waals surface area (Å²) >= 11 is 0. The van der Waals surface area contributed by atoms with Gasteiger partial charge in [0.05, 0.1) is 37.3 Å².